The normalized spacial score (nSPS) is 10.4. The quantitative estimate of drug-likeness (QED) is 0.918. The van der Waals surface area contributed by atoms with E-state index in [0.717, 1.165) is 29.1 Å². The molecular weight excluding hydrogens is 250 g/mol. The maximum atomic E-state index is 6.04. The Morgan fingerprint density at radius 3 is 2.55 bits per heavy atom. The number of aromatic nitrogens is 2. The van der Waals surface area contributed by atoms with Gasteiger partial charge in [0, 0.05) is 7.05 Å². The Kier molecular flexibility index (Phi) is 4.23. The number of benzene rings is 1. The lowest BCUT2D eigenvalue weighted by Gasteiger charge is -2.15. The van der Waals surface area contributed by atoms with Crippen molar-refractivity contribution in [1.82, 2.24) is 9.97 Å². The molecule has 0 unspecified atom stereocenters. The minimum Gasteiger partial charge on any atom is -0.438 e. The van der Waals surface area contributed by atoms with Crippen molar-refractivity contribution in [3.63, 3.8) is 0 Å². The molecule has 0 fully saturated rings. The third-order valence-electron chi connectivity index (χ3n) is 3.47. The van der Waals surface area contributed by atoms with E-state index in [9.17, 15) is 0 Å². The van der Waals surface area contributed by atoms with Crippen LogP contribution in [0, 0.1) is 20.8 Å². The zero-order valence-corrected chi connectivity index (χ0v) is 12.7. The molecule has 2 aromatic rings. The van der Waals surface area contributed by atoms with Crippen molar-refractivity contribution in [3.8, 4) is 11.6 Å². The van der Waals surface area contributed by atoms with Crippen LogP contribution in [0.25, 0.3) is 0 Å². The van der Waals surface area contributed by atoms with Crippen molar-refractivity contribution < 1.29 is 4.74 Å². The second kappa shape index (κ2) is 5.90. The summed E-state index contributed by atoms with van der Waals surface area (Å²) in [5, 5.41) is 3.08. The van der Waals surface area contributed by atoms with Gasteiger partial charge in [-0.3, -0.25) is 0 Å². The lowest BCUT2D eigenvalue weighted by molar-refractivity contribution is 0.451. The maximum absolute atomic E-state index is 6.04. The summed E-state index contributed by atoms with van der Waals surface area (Å²) in [6.07, 6.45) is 2.34. The van der Waals surface area contributed by atoms with Gasteiger partial charge in [0.05, 0.1) is 5.56 Å². The zero-order valence-electron chi connectivity index (χ0n) is 12.7. The van der Waals surface area contributed by atoms with Gasteiger partial charge in [0.1, 0.15) is 17.9 Å². The van der Waals surface area contributed by atoms with Crippen LogP contribution in [0.3, 0.4) is 0 Å². The van der Waals surface area contributed by atoms with Crippen molar-refractivity contribution in [3.05, 3.63) is 40.7 Å². The highest BCUT2D eigenvalue weighted by molar-refractivity contribution is 5.51. The number of nitrogens with zero attached hydrogens (tertiary/aromatic N) is 2. The average Bonchev–Trinajstić information content (AvgIpc) is 2.43. The molecule has 106 valence electrons. The second-order valence-electron chi connectivity index (χ2n) is 4.92. The van der Waals surface area contributed by atoms with E-state index < -0.39 is 0 Å². The fraction of sp³-hybridized carbons (Fsp3) is 0.375. The van der Waals surface area contributed by atoms with E-state index in [2.05, 4.69) is 49.0 Å². The fourth-order valence-corrected chi connectivity index (χ4v) is 2.23. The van der Waals surface area contributed by atoms with Crippen molar-refractivity contribution in [2.75, 3.05) is 12.4 Å². The summed E-state index contributed by atoms with van der Waals surface area (Å²) in [6.45, 7) is 8.30. The Labute approximate surface area is 120 Å². The molecule has 1 aromatic carbocycles. The first-order valence-corrected chi connectivity index (χ1v) is 6.84. The van der Waals surface area contributed by atoms with Crippen LogP contribution in [0.4, 0.5) is 5.82 Å². The molecule has 0 atom stereocenters. The predicted octanol–water partition coefficient (Wildman–Crippen LogP) is 3.80. The first kappa shape index (κ1) is 14.3. The predicted molar refractivity (Wildman–Crippen MR) is 81.7 cm³/mol. The smallest absolute Gasteiger partial charge is 0.227 e. The molecule has 0 saturated heterocycles. The van der Waals surface area contributed by atoms with Gasteiger partial charge >= 0.3 is 0 Å². The lowest BCUT2D eigenvalue weighted by Crippen LogP contribution is -2.03. The molecule has 0 amide bonds. The van der Waals surface area contributed by atoms with Crippen LogP contribution in [0.5, 0.6) is 11.6 Å². The number of aryl methyl sites for hydroxylation is 2. The van der Waals surface area contributed by atoms with Crippen LogP contribution in [-0.2, 0) is 6.42 Å². The molecule has 0 bridgehead atoms. The Morgan fingerprint density at radius 1 is 1.15 bits per heavy atom. The molecule has 1 N–H and O–H groups in total. The van der Waals surface area contributed by atoms with E-state index in [0.29, 0.717) is 5.88 Å². The molecule has 1 heterocycles. The van der Waals surface area contributed by atoms with Gasteiger partial charge in [-0.1, -0.05) is 13.0 Å². The van der Waals surface area contributed by atoms with E-state index in [4.69, 9.17) is 4.74 Å². The van der Waals surface area contributed by atoms with E-state index >= 15 is 0 Å². The van der Waals surface area contributed by atoms with E-state index in [-0.39, 0.29) is 0 Å². The monoisotopic (exact) mass is 271 g/mol. The van der Waals surface area contributed by atoms with Crippen molar-refractivity contribution in [2.24, 2.45) is 0 Å². The summed E-state index contributed by atoms with van der Waals surface area (Å²) in [5.41, 5.74) is 4.54. The third kappa shape index (κ3) is 2.74. The van der Waals surface area contributed by atoms with Gasteiger partial charge in [0.15, 0.2) is 0 Å². The molecular formula is C16H21N3O. The topological polar surface area (TPSA) is 47.0 Å². The molecule has 1 aromatic heterocycles. The van der Waals surface area contributed by atoms with Crippen LogP contribution in [0.2, 0.25) is 0 Å². The molecule has 0 aliphatic carbocycles. The Morgan fingerprint density at radius 2 is 1.90 bits per heavy atom. The number of rotatable bonds is 4. The molecule has 0 saturated carbocycles. The van der Waals surface area contributed by atoms with Crippen molar-refractivity contribution in [2.45, 2.75) is 34.1 Å². The van der Waals surface area contributed by atoms with Gasteiger partial charge in [0.2, 0.25) is 5.88 Å². The molecule has 4 heteroatoms. The van der Waals surface area contributed by atoms with E-state index in [1.807, 2.05) is 13.1 Å². The summed E-state index contributed by atoms with van der Waals surface area (Å²) in [5.74, 6) is 2.30. The summed E-state index contributed by atoms with van der Waals surface area (Å²) in [7, 11) is 1.85. The fourth-order valence-electron chi connectivity index (χ4n) is 2.23. The third-order valence-corrected chi connectivity index (χ3v) is 3.47. The van der Waals surface area contributed by atoms with Crippen molar-refractivity contribution >= 4 is 5.82 Å². The number of nitrogens with one attached hydrogen (secondary N) is 1. The largest absolute Gasteiger partial charge is 0.438 e. The minimum absolute atomic E-state index is 0.625. The molecule has 0 aliphatic rings. The Bertz CT molecular complexity index is 623. The van der Waals surface area contributed by atoms with Gasteiger partial charge < -0.3 is 10.1 Å². The van der Waals surface area contributed by atoms with Gasteiger partial charge in [-0.25, -0.2) is 9.97 Å². The summed E-state index contributed by atoms with van der Waals surface area (Å²) in [6, 6.07) is 4.20. The highest BCUT2D eigenvalue weighted by Gasteiger charge is 2.13. The lowest BCUT2D eigenvalue weighted by atomic mass is 10.1. The first-order valence-electron chi connectivity index (χ1n) is 6.84. The standard InChI is InChI=1S/C16H21N3O/c1-6-13-15(17-5)18-9-19-16(13)20-14-8-10(2)7-11(3)12(14)4/h7-9H,6H2,1-5H3,(H,17,18,19). The van der Waals surface area contributed by atoms with E-state index in [1.165, 1.54) is 17.5 Å². The highest BCUT2D eigenvalue weighted by atomic mass is 16.5. The molecule has 2 rings (SSSR count). The number of ether oxygens (including phenoxy) is 1. The Balaban J connectivity index is 2.45. The number of hydrogen-bond donors (Lipinski definition) is 1. The number of anilines is 1. The van der Waals surface area contributed by atoms with Crippen LogP contribution >= 0.6 is 0 Å². The molecule has 0 spiro atoms. The SMILES string of the molecule is CCc1c(NC)ncnc1Oc1cc(C)cc(C)c1C. The molecule has 20 heavy (non-hydrogen) atoms. The maximum Gasteiger partial charge on any atom is 0.227 e. The van der Waals surface area contributed by atoms with Gasteiger partial charge in [-0.2, -0.15) is 0 Å². The molecule has 4 nitrogen and oxygen atoms in total. The van der Waals surface area contributed by atoms with Crippen LogP contribution in [-0.4, -0.2) is 17.0 Å². The summed E-state index contributed by atoms with van der Waals surface area (Å²) in [4.78, 5) is 8.51. The zero-order chi connectivity index (χ0) is 14.7. The Hall–Kier alpha value is -2.10. The van der Waals surface area contributed by atoms with Gasteiger partial charge in [0.25, 0.3) is 0 Å². The second-order valence-corrected chi connectivity index (χ2v) is 4.92. The highest BCUT2D eigenvalue weighted by Crippen LogP contribution is 2.31. The molecule has 0 radical (unpaired) electrons. The minimum atomic E-state index is 0.625. The molecule has 0 aliphatic heterocycles. The number of hydrogen-bond acceptors (Lipinski definition) is 4. The van der Waals surface area contributed by atoms with Gasteiger partial charge in [-0.15, -0.1) is 0 Å². The first-order chi connectivity index (χ1) is 9.56. The van der Waals surface area contributed by atoms with Crippen molar-refractivity contribution in [1.29, 1.82) is 0 Å². The van der Waals surface area contributed by atoms with Crippen LogP contribution in [0.1, 0.15) is 29.2 Å². The van der Waals surface area contributed by atoms with Gasteiger partial charge in [-0.05, 0) is 49.9 Å². The summed E-state index contributed by atoms with van der Waals surface area (Å²) >= 11 is 0. The van der Waals surface area contributed by atoms with Crippen LogP contribution < -0.4 is 10.1 Å². The van der Waals surface area contributed by atoms with E-state index in [1.54, 1.807) is 0 Å². The average molecular weight is 271 g/mol. The van der Waals surface area contributed by atoms with Crippen LogP contribution in [0.15, 0.2) is 18.5 Å². The summed E-state index contributed by atoms with van der Waals surface area (Å²) < 4.78 is 6.04.